The topological polar surface area (TPSA) is 91.2 Å². The Kier molecular flexibility index (Phi) is 4.87. The van der Waals surface area contributed by atoms with Gasteiger partial charge in [-0.15, -0.1) is 5.10 Å². The third kappa shape index (κ3) is 4.18. The minimum Gasteiger partial charge on any atom is -0.483 e. The van der Waals surface area contributed by atoms with Crippen LogP contribution in [0.5, 0.6) is 11.5 Å². The fraction of sp³-hybridized carbons (Fsp3) is 0.300. The van der Waals surface area contributed by atoms with Crippen LogP contribution in [-0.4, -0.2) is 38.3 Å². The summed E-state index contributed by atoms with van der Waals surface area (Å²) in [5.41, 5.74) is 1.23. The molecule has 8 nitrogen and oxygen atoms in total. The summed E-state index contributed by atoms with van der Waals surface area (Å²) >= 11 is 0. The van der Waals surface area contributed by atoms with E-state index in [4.69, 9.17) is 9.47 Å². The molecule has 2 heterocycles. The highest BCUT2D eigenvalue weighted by atomic mass is 19.1. The van der Waals surface area contributed by atoms with Crippen molar-refractivity contribution in [3.63, 3.8) is 0 Å². The van der Waals surface area contributed by atoms with Crippen molar-refractivity contribution in [3.8, 4) is 17.2 Å². The summed E-state index contributed by atoms with van der Waals surface area (Å²) in [6.07, 6.45) is 0.786. The highest BCUT2D eigenvalue weighted by Gasteiger charge is 2.32. The molecule has 1 N–H and O–H groups in total. The largest absolute Gasteiger partial charge is 0.483 e. The normalized spacial score (nSPS) is 14.2. The zero-order valence-corrected chi connectivity index (χ0v) is 16.1. The van der Waals surface area contributed by atoms with Gasteiger partial charge in [-0.1, -0.05) is 18.2 Å². The molecule has 0 spiro atoms. The van der Waals surface area contributed by atoms with Crippen molar-refractivity contribution >= 4 is 5.91 Å². The first kappa shape index (κ1) is 18.9. The van der Waals surface area contributed by atoms with Crippen LogP contribution in [0.15, 0.2) is 42.5 Å². The number of nitrogens with zero attached hydrogens (tertiary/aromatic N) is 4. The molecule has 0 fully saturated rings. The predicted octanol–water partition coefficient (Wildman–Crippen LogP) is 2.21. The Hall–Kier alpha value is -3.49. The number of hydrogen-bond donors (Lipinski definition) is 1. The smallest absolute Gasteiger partial charge is 0.258 e. The van der Waals surface area contributed by atoms with Gasteiger partial charge in [-0.2, -0.15) is 4.68 Å². The Morgan fingerprint density at radius 2 is 2.14 bits per heavy atom. The molecule has 9 heteroatoms. The highest BCUT2D eigenvalue weighted by Crippen LogP contribution is 2.41. The Morgan fingerprint density at radius 1 is 1.31 bits per heavy atom. The number of hydrogen-bond acceptors (Lipinski definition) is 6. The van der Waals surface area contributed by atoms with Crippen LogP contribution >= 0.6 is 0 Å². The van der Waals surface area contributed by atoms with E-state index in [1.54, 1.807) is 18.2 Å². The summed E-state index contributed by atoms with van der Waals surface area (Å²) in [6, 6.07) is 11.5. The van der Waals surface area contributed by atoms with E-state index in [2.05, 4.69) is 20.8 Å². The van der Waals surface area contributed by atoms with Crippen LogP contribution in [0, 0.1) is 5.82 Å². The van der Waals surface area contributed by atoms with Crippen molar-refractivity contribution in [2.45, 2.75) is 32.4 Å². The fourth-order valence-corrected chi connectivity index (χ4v) is 3.20. The first-order valence-corrected chi connectivity index (χ1v) is 9.15. The molecule has 4 rings (SSSR count). The van der Waals surface area contributed by atoms with E-state index in [1.807, 2.05) is 26.0 Å². The summed E-state index contributed by atoms with van der Waals surface area (Å²) in [4.78, 5) is 12.2. The molecular formula is C20H20FN5O3. The molecule has 1 aliphatic rings. The fourth-order valence-electron chi connectivity index (χ4n) is 3.20. The maximum atomic E-state index is 13.4. The van der Waals surface area contributed by atoms with E-state index in [1.165, 1.54) is 16.8 Å². The summed E-state index contributed by atoms with van der Waals surface area (Å²) in [7, 11) is 0. The van der Waals surface area contributed by atoms with Gasteiger partial charge in [-0.3, -0.25) is 4.79 Å². The SMILES string of the molecule is CC1(C)Cc2cccc(OCC(=O)NCc3nnnn3-c3cccc(F)c3)c2O1. The third-order valence-electron chi connectivity index (χ3n) is 4.44. The lowest BCUT2D eigenvalue weighted by Crippen LogP contribution is -2.29. The van der Waals surface area contributed by atoms with Crippen molar-refractivity contribution in [3.05, 3.63) is 59.7 Å². The molecule has 0 saturated carbocycles. The lowest BCUT2D eigenvalue weighted by Gasteiger charge is -2.18. The maximum Gasteiger partial charge on any atom is 0.258 e. The van der Waals surface area contributed by atoms with Gasteiger partial charge in [0.2, 0.25) is 0 Å². The van der Waals surface area contributed by atoms with E-state index in [0.29, 0.717) is 23.0 Å². The number of halogens is 1. The monoisotopic (exact) mass is 397 g/mol. The molecule has 0 atom stereocenters. The predicted molar refractivity (Wildman–Crippen MR) is 101 cm³/mol. The molecule has 3 aromatic rings. The minimum atomic E-state index is -0.401. The standard InChI is InChI=1S/C20H20FN5O3/c1-20(2)10-13-5-3-8-16(19(13)29-20)28-12-18(27)22-11-17-23-24-25-26(17)15-7-4-6-14(21)9-15/h3-9H,10-12H2,1-2H3,(H,22,27). The van der Waals surface area contributed by atoms with Crippen LogP contribution < -0.4 is 14.8 Å². The van der Waals surface area contributed by atoms with Gasteiger partial charge in [-0.25, -0.2) is 4.39 Å². The number of carbonyl (C=O) groups is 1. The zero-order valence-electron chi connectivity index (χ0n) is 16.1. The Morgan fingerprint density at radius 3 is 2.97 bits per heavy atom. The number of amides is 1. The molecule has 0 aliphatic carbocycles. The second-order valence-corrected chi connectivity index (χ2v) is 7.34. The van der Waals surface area contributed by atoms with Crippen molar-refractivity contribution in [1.82, 2.24) is 25.5 Å². The summed E-state index contributed by atoms with van der Waals surface area (Å²) in [6.45, 7) is 3.91. The van der Waals surface area contributed by atoms with Gasteiger partial charge in [0.15, 0.2) is 23.9 Å². The molecule has 150 valence electrons. The van der Waals surface area contributed by atoms with Gasteiger partial charge in [0.1, 0.15) is 11.4 Å². The molecule has 0 radical (unpaired) electrons. The first-order valence-electron chi connectivity index (χ1n) is 9.15. The number of rotatable bonds is 6. The van der Waals surface area contributed by atoms with Crippen molar-refractivity contribution in [2.24, 2.45) is 0 Å². The van der Waals surface area contributed by atoms with Gasteiger partial charge in [-0.05, 0) is 48.5 Å². The van der Waals surface area contributed by atoms with E-state index in [-0.39, 0.29) is 24.7 Å². The molecule has 1 aromatic heterocycles. The van der Waals surface area contributed by atoms with Gasteiger partial charge in [0, 0.05) is 12.0 Å². The van der Waals surface area contributed by atoms with Crippen LogP contribution in [-0.2, 0) is 17.8 Å². The van der Waals surface area contributed by atoms with Gasteiger partial charge >= 0.3 is 0 Å². The Labute approximate surface area is 166 Å². The highest BCUT2D eigenvalue weighted by molar-refractivity contribution is 5.77. The van der Waals surface area contributed by atoms with Gasteiger partial charge in [0.05, 0.1) is 12.2 Å². The summed E-state index contributed by atoms with van der Waals surface area (Å²) in [5.74, 6) is 0.846. The number of para-hydroxylation sites is 1. The number of nitrogens with one attached hydrogen (secondary N) is 1. The van der Waals surface area contributed by atoms with E-state index >= 15 is 0 Å². The number of ether oxygens (including phenoxy) is 2. The van der Waals surface area contributed by atoms with Crippen molar-refractivity contribution in [1.29, 1.82) is 0 Å². The average molecular weight is 397 g/mol. The molecule has 29 heavy (non-hydrogen) atoms. The zero-order chi connectivity index (χ0) is 20.4. The van der Waals surface area contributed by atoms with E-state index < -0.39 is 5.82 Å². The van der Waals surface area contributed by atoms with Crippen LogP contribution in [0.25, 0.3) is 5.69 Å². The quantitative estimate of drug-likeness (QED) is 0.686. The number of aromatic nitrogens is 4. The summed E-state index contributed by atoms with van der Waals surface area (Å²) in [5, 5.41) is 14.0. The molecule has 2 aromatic carbocycles. The third-order valence-corrected chi connectivity index (χ3v) is 4.44. The van der Waals surface area contributed by atoms with Crippen molar-refractivity contribution < 1.29 is 18.7 Å². The van der Waals surface area contributed by atoms with Crippen LogP contribution in [0.2, 0.25) is 0 Å². The molecular weight excluding hydrogens is 377 g/mol. The molecule has 0 bridgehead atoms. The maximum absolute atomic E-state index is 13.4. The summed E-state index contributed by atoms with van der Waals surface area (Å²) < 4.78 is 26.4. The molecule has 1 amide bonds. The number of benzene rings is 2. The number of fused-ring (bicyclic) bond motifs is 1. The van der Waals surface area contributed by atoms with Crippen molar-refractivity contribution in [2.75, 3.05) is 6.61 Å². The Bertz CT molecular complexity index is 1050. The average Bonchev–Trinajstić information content (AvgIpc) is 3.27. The molecule has 1 aliphatic heterocycles. The first-order chi connectivity index (χ1) is 13.9. The van der Waals surface area contributed by atoms with Gasteiger partial charge in [0.25, 0.3) is 5.91 Å². The minimum absolute atomic E-state index is 0.0716. The Balaban J connectivity index is 1.36. The molecule has 0 saturated heterocycles. The number of carbonyl (C=O) groups excluding carboxylic acids is 1. The van der Waals surface area contributed by atoms with Crippen LogP contribution in [0.3, 0.4) is 0 Å². The molecule has 0 unspecified atom stereocenters. The second-order valence-electron chi connectivity index (χ2n) is 7.34. The number of tetrazole rings is 1. The second kappa shape index (κ2) is 7.50. The van der Waals surface area contributed by atoms with Crippen LogP contribution in [0.1, 0.15) is 25.2 Å². The van der Waals surface area contributed by atoms with E-state index in [0.717, 1.165) is 12.0 Å². The van der Waals surface area contributed by atoms with E-state index in [9.17, 15) is 9.18 Å². The lowest BCUT2D eigenvalue weighted by molar-refractivity contribution is -0.123. The van der Waals surface area contributed by atoms with Gasteiger partial charge < -0.3 is 14.8 Å². The van der Waals surface area contributed by atoms with Crippen LogP contribution in [0.4, 0.5) is 4.39 Å². The lowest BCUT2D eigenvalue weighted by atomic mass is 10.0.